The number of esters is 3. The minimum Gasteiger partial charge on any atom is -0.481 e. The van der Waals surface area contributed by atoms with Gasteiger partial charge < -0.3 is 34.5 Å². The maximum atomic E-state index is 13.9. The fraction of sp³-hybridized carbons (Fsp3) is 0.600. The lowest BCUT2D eigenvalue weighted by Gasteiger charge is -2.32. The smallest absolute Gasteiger partial charge is 0.342 e. The molecule has 294 valence electrons. The van der Waals surface area contributed by atoms with Gasteiger partial charge in [-0.3, -0.25) is 19.2 Å². The second-order valence-electron chi connectivity index (χ2n) is 12.8. The van der Waals surface area contributed by atoms with Crippen molar-refractivity contribution < 1.29 is 57.9 Å². The van der Waals surface area contributed by atoms with Crippen LogP contribution >= 0.6 is 0 Å². The van der Waals surface area contributed by atoms with E-state index in [0.29, 0.717) is 37.0 Å². The first-order valence-electron chi connectivity index (χ1n) is 18.3. The Morgan fingerprint density at radius 1 is 0.925 bits per heavy atom. The molecule has 3 N–H and O–H groups in total. The third-order valence-electron chi connectivity index (χ3n) is 8.29. The average molecular weight is 744 g/mol. The highest BCUT2D eigenvalue weighted by atomic mass is 16.7. The van der Waals surface area contributed by atoms with Crippen molar-refractivity contribution in [2.75, 3.05) is 13.7 Å². The van der Waals surface area contributed by atoms with E-state index in [1.807, 2.05) is 0 Å². The minimum atomic E-state index is -2.97. The normalized spacial score (nSPS) is 13.7. The molecule has 1 aromatic rings. The first-order valence-corrected chi connectivity index (χ1v) is 18.3. The van der Waals surface area contributed by atoms with Crippen LogP contribution in [0.5, 0.6) is 5.75 Å². The number of carboxylic acids is 1. The molecule has 1 amide bonds. The number of hydrogen-bond acceptors (Lipinski definition) is 11. The molecule has 13 nitrogen and oxygen atoms in total. The van der Waals surface area contributed by atoms with Gasteiger partial charge in [0.25, 0.3) is 0 Å². The van der Waals surface area contributed by atoms with Gasteiger partial charge in [-0.15, -0.1) is 5.92 Å². The third kappa shape index (κ3) is 19.1. The molecule has 13 heteroatoms. The maximum absolute atomic E-state index is 13.9. The van der Waals surface area contributed by atoms with E-state index in [0.717, 1.165) is 59.0 Å². The lowest BCUT2D eigenvalue weighted by atomic mass is 9.82. The molecule has 0 radical (unpaired) electrons. The summed E-state index contributed by atoms with van der Waals surface area (Å²) in [6.07, 6.45) is 9.90. The van der Waals surface area contributed by atoms with Gasteiger partial charge in [-0.25, -0.2) is 9.59 Å². The molecule has 4 atom stereocenters. The molecule has 0 saturated heterocycles. The van der Waals surface area contributed by atoms with E-state index >= 15 is 0 Å². The number of carboxylic acid groups (broad SMARTS) is 1. The standard InChI is InChI=1S/C40H57NO12/c1-6-8-10-13-16-19-32(43)20-17-14-11-12-15-18-21-34(40(49,28-36(44)45)39(48)53-30(4)52-29(3)42)37(46)41-35(38(47)50-5)27-31-22-24-33(25-23-31)51-26-9-7-2/h18,21-25,30,34-35,49H,6,8,10-17,19-20,26-28H2,1-5H3,(H,41,46)(H,44,45)/b21-18+/t30-,34+,35-,40?/m0/s1. The molecule has 0 bridgehead atoms. The predicted octanol–water partition coefficient (Wildman–Crippen LogP) is 5.39. The Labute approximate surface area is 313 Å². The highest BCUT2D eigenvalue weighted by molar-refractivity contribution is 5.95. The van der Waals surface area contributed by atoms with Crippen LogP contribution in [0.25, 0.3) is 0 Å². The molecule has 53 heavy (non-hydrogen) atoms. The number of amides is 1. The Bertz CT molecular complexity index is 1410. The van der Waals surface area contributed by atoms with Gasteiger partial charge in [0, 0.05) is 33.1 Å². The quantitative estimate of drug-likeness (QED) is 0.0343. The Morgan fingerprint density at radius 3 is 2.11 bits per heavy atom. The van der Waals surface area contributed by atoms with Crippen molar-refractivity contribution >= 4 is 35.6 Å². The van der Waals surface area contributed by atoms with Crippen LogP contribution < -0.4 is 10.1 Å². The molecule has 1 rings (SSSR count). The first-order chi connectivity index (χ1) is 25.3. The Morgan fingerprint density at radius 2 is 1.55 bits per heavy atom. The number of ether oxygens (including phenoxy) is 4. The van der Waals surface area contributed by atoms with Gasteiger partial charge in [-0.05, 0) is 50.3 Å². The molecule has 0 aliphatic carbocycles. The summed E-state index contributed by atoms with van der Waals surface area (Å²) < 4.78 is 20.3. The lowest BCUT2D eigenvalue weighted by molar-refractivity contribution is -0.203. The van der Waals surface area contributed by atoms with Gasteiger partial charge in [-0.2, -0.15) is 0 Å². The number of carbonyl (C=O) groups is 6. The van der Waals surface area contributed by atoms with E-state index in [1.54, 1.807) is 31.2 Å². The number of unbranched alkanes of at least 4 members (excludes halogenated alkanes) is 8. The van der Waals surface area contributed by atoms with Gasteiger partial charge in [0.2, 0.25) is 12.2 Å². The van der Waals surface area contributed by atoms with Crippen LogP contribution in [0, 0.1) is 17.8 Å². The second kappa shape index (κ2) is 26.1. The highest BCUT2D eigenvalue weighted by Crippen LogP contribution is 2.28. The number of ketones is 1. The van der Waals surface area contributed by atoms with E-state index in [2.05, 4.69) is 24.1 Å². The summed E-state index contributed by atoms with van der Waals surface area (Å²) in [5.41, 5.74) is -2.37. The largest absolute Gasteiger partial charge is 0.481 e. The fourth-order valence-corrected chi connectivity index (χ4v) is 5.48. The third-order valence-corrected chi connectivity index (χ3v) is 8.29. The number of hydrogen-bond donors (Lipinski definition) is 3. The van der Waals surface area contributed by atoms with Crippen molar-refractivity contribution in [2.45, 2.75) is 136 Å². The molecule has 0 aliphatic heterocycles. The van der Waals surface area contributed by atoms with Gasteiger partial charge in [0.15, 0.2) is 5.60 Å². The van der Waals surface area contributed by atoms with Crippen molar-refractivity contribution in [1.29, 1.82) is 0 Å². The predicted molar refractivity (Wildman–Crippen MR) is 196 cm³/mol. The van der Waals surface area contributed by atoms with Crippen LogP contribution in [-0.2, 0) is 49.4 Å². The summed E-state index contributed by atoms with van der Waals surface area (Å²) in [5, 5.41) is 23.8. The Kier molecular flexibility index (Phi) is 22.8. The number of methoxy groups -OCH3 is 1. The minimum absolute atomic E-state index is 0.0590. The zero-order valence-electron chi connectivity index (χ0n) is 31.8. The van der Waals surface area contributed by atoms with E-state index in [-0.39, 0.29) is 18.8 Å². The van der Waals surface area contributed by atoms with Crippen LogP contribution in [0.3, 0.4) is 0 Å². The van der Waals surface area contributed by atoms with Crippen molar-refractivity contribution in [3.63, 3.8) is 0 Å². The van der Waals surface area contributed by atoms with Gasteiger partial charge in [0.05, 0.1) is 19.4 Å². The molecule has 0 saturated carbocycles. The number of aliphatic hydroxyl groups is 1. The zero-order chi connectivity index (χ0) is 39.6. The van der Waals surface area contributed by atoms with Gasteiger partial charge >= 0.3 is 23.9 Å². The van der Waals surface area contributed by atoms with Gasteiger partial charge in [0.1, 0.15) is 24.2 Å². The second-order valence-corrected chi connectivity index (χ2v) is 12.8. The van der Waals surface area contributed by atoms with Crippen molar-refractivity contribution in [1.82, 2.24) is 5.32 Å². The summed E-state index contributed by atoms with van der Waals surface area (Å²) in [6.45, 7) is 6.28. The SMILES string of the molecule is CC#CCOc1ccc(C[C@H](NC(=O)[C@@H](/C=C/CCCCCCC(=O)CCCCCCC)C(O)(CC(=O)O)C(=O)O[C@@H](C)OC(C)=O)C(=O)OC)cc1. The van der Waals surface area contributed by atoms with Crippen LogP contribution in [0.4, 0.5) is 0 Å². The van der Waals surface area contributed by atoms with E-state index in [1.165, 1.54) is 25.5 Å². The van der Waals surface area contributed by atoms with Crippen LogP contribution in [0.2, 0.25) is 0 Å². The number of carbonyl (C=O) groups excluding carboxylic acids is 5. The summed E-state index contributed by atoms with van der Waals surface area (Å²) in [6, 6.07) is 5.37. The number of allylic oxidation sites excluding steroid dienone is 1. The summed E-state index contributed by atoms with van der Waals surface area (Å²) in [7, 11) is 1.13. The molecule has 1 unspecified atom stereocenters. The molecule has 0 spiro atoms. The zero-order valence-corrected chi connectivity index (χ0v) is 31.8. The van der Waals surface area contributed by atoms with E-state index in [9.17, 15) is 39.0 Å². The molecule has 1 aromatic carbocycles. The lowest BCUT2D eigenvalue weighted by Crippen LogP contribution is -2.56. The highest BCUT2D eigenvalue weighted by Gasteiger charge is 2.51. The average Bonchev–Trinajstić information content (AvgIpc) is 3.10. The Hall–Kier alpha value is -4.70. The van der Waals surface area contributed by atoms with Crippen molar-refractivity contribution in [3.05, 3.63) is 42.0 Å². The molecule has 0 heterocycles. The molecule has 0 aromatic heterocycles. The maximum Gasteiger partial charge on any atom is 0.342 e. The van der Waals surface area contributed by atoms with E-state index in [4.69, 9.17) is 18.9 Å². The molecular weight excluding hydrogens is 686 g/mol. The first kappa shape index (κ1) is 46.3. The van der Waals surface area contributed by atoms with Crippen molar-refractivity contribution in [2.24, 2.45) is 5.92 Å². The summed E-state index contributed by atoms with van der Waals surface area (Å²) in [4.78, 5) is 75.6. The van der Waals surface area contributed by atoms with E-state index < -0.39 is 60.1 Å². The number of aliphatic carboxylic acids is 1. The van der Waals surface area contributed by atoms with Crippen molar-refractivity contribution in [3.8, 4) is 17.6 Å². The van der Waals surface area contributed by atoms with Crippen LogP contribution in [0.1, 0.15) is 117 Å². The summed E-state index contributed by atoms with van der Waals surface area (Å²) >= 11 is 0. The van der Waals surface area contributed by atoms with Gasteiger partial charge in [-0.1, -0.05) is 75.7 Å². The topological polar surface area (TPSA) is 192 Å². The fourth-order valence-electron chi connectivity index (χ4n) is 5.48. The monoisotopic (exact) mass is 743 g/mol. The van der Waals surface area contributed by atoms with Crippen LogP contribution in [0.15, 0.2) is 36.4 Å². The molecular formula is C40H57NO12. The summed E-state index contributed by atoms with van der Waals surface area (Å²) in [5.74, 6) is -1.39. The molecule has 0 fully saturated rings. The Balaban J connectivity index is 3.15. The number of Topliss-reactive ketones (excluding diaryl/α,β-unsaturated/α-hetero) is 1. The van der Waals surface area contributed by atoms with Crippen LogP contribution in [-0.4, -0.2) is 77.4 Å². The number of nitrogens with one attached hydrogen (secondary N) is 1. The number of benzene rings is 1. The number of rotatable bonds is 27. The molecule has 0 aliphatic rings.